The summed E-state index contributed by atoms with van der Waals surface area (Å²) in [6.07, 6.45) is 4.72. The highest BCUT2D eigenvalue weighted by molar-refractivity contribution is 5.88. The van der Waals surface area contributed by atoms with E-state index in [0.29, 0.717) is 11.7 Å². The normalized spacial score (nSPS) is 33.0. The molecule has 16 heavy (non-hydrogen) atoms. The van der Waals surface area contributed by atoms with E-state index in [1.807, 2.05) is 18.2 Å². The first-order chi connectivity index (χ1) is 7.84. The molecular formula is C13H16N2O. The van der Waals surface area contributed by atoms with Crippen LogP contribution in [0.25, 0.3) is 0 Å². The van der Waals surface area contributed by atoms with Crippen molar-refractivity contribution in [3.8, 4) is 0 Å². The summed E-state index contributed by atoms with van der Waals surface area (Å²) in [5.74, 6) is 0.780. The first-order valence-corrected chi connectivity index (χ1v) is 6.02. The van der Waals surface area contributed by atoms with Gasteiger partial charge >= 0.3 is 0 Å². The minimum atomic E-state index is 0.0994. The molecule has 3 aliphatic heterocycles. The third-order valence-corrected chi connectivity index (χ3v) is 3.83. The molecule has 0 amide bonds. The van der Waals surface area contributed by atoms with E-state index >= 15 is 0 Å². The summed E-state index contributed by atoms with van der Waals surface area (Å²) in [6.45, 7) is 2.18. The van der Waals surface area contributed by atoms with Crippen molar-refractivity contribution in [2.45, 2.75) is 25.3 Å². The van der Waals surface area contributed by atoms with Gasteiger partial charge in [0.25, 0.3) is 0 Å². The molecule has 1 aromatic heterocycles. The lowest BCUT2D eigenvalue weighted by Gasteiger charge is -2.44. The fourth-order valence-electron chi connectivity index (χ4n) is 2.89. The number of hydrogen-bond acceptors (Lipinski definition) is 3. The summed E-state index contributed by atoms with van der Waals surface area (Å²) < 4.78 is 0. The van der Waals surface area contributed by atoms with Crippen LogP contribution in [0.2, 0.25) is 0 Å². The Bertz CT molecular complexity index is 382. The summed E-state index contributed by atoms with van der Waals surface area (Å²) >= 11 is 0. The largest absolute Gasteiger partial charge is 0.298 e. The Morgan fingerprint density at radius 2 is 2.12 bits per heavy atom. The van der Waals surface area contributed by atoms with Crippen LogP contribution >= 0.6 is 0 Å². The molecule has 3 nitrogen and oxygen atoms in total. The van der Waals surface area contributed by atoms with Crippen LogP contribution in [-0.2, 0) is 11.2 Å². The number of piperidine rings is 3. The van der Waals surface area contributed by atoms with E-state index in [0.717, 1.165) is 38.0 Å². The SMILES string of the molecule is O=C1C2CCN(CC2)C1Cc1ccccn1. The Morgan fingerprint density at radius 1 is 1.31 bits per heavy atom. The van der Waals surface area contributed by atoms with Crippen LogP contribution in [-0.4, -0.2) is 34.8 Å². The number of aromatic nitrogens is 1. The van der Waals surface area contributed by atoms with Crippen LogP contribution in [0.15, 0.2) is 24.4 Å². The van der Waals surface area contributed by atoms with Gasteiger partial charge in [-0.2, -0.15) is 0 Å². The third-order valence-electron chi connectivity index (χ3n) is 3.83. The Balaban J connectivity index is 1.78. The summed E-state index contributed by atoms with van der Waals surface area (Å²) in [4.78, 5) is 18.8. The smallest absolute Gasteiger partial charge is 0.153 e. The minimum absolute atomic E-state index is 0.0994. The van der Waals surface area contributed by atoms with E-state index in [4.69, 9.17) is 0 Å². The molecular weight excluding hydrogens is 200 g/mol. The summed E-state index contributed by atoms with van der Waals surface area (Å²) in [6, 6.07) is 6.01. The van der Waals surface area contributed by atoms with Gasteiger partial charge in [-0.15, -0.1) is 0 Å². The second-order valence-corrected chi connectivity index (χ2v) is 4.75. The highest BCUT2D eigenvalue weighted by Crippen LogP contribution is 2.30. The Morgan fingerprint density at radius 3 is 2.75 bits per heavy atom. The second-order valence-electron chi connectivity index (χ2n) is 4.75. The number of nitrogens with zero attached hydrogens (tertiary/aromatic N) is 2. The van der Waals surface area contributed by atoms with Crippen LogP contribution in [0, 0.1) is 5.92 Å². The van der Waals surface area contributed by atoms with E-state index in [2.05, 4.69) is 9.88 Å². The van der Waals surface area contributed by atoms with Crippen molar-refractivity contribution < 1.29 is 4.79 Å². The maximum Gasteiger partial charge on any atom is 0.153 e. The fourth-order valence-corrected chi connectivity index (χ4v) is 2.89. The molecule has 1 aromatic rings. The van der Waals surface area contributed by atoms with Crippen molar-refractivity contribution in [1.29, 1.82) is 0 Å². The molecule has 0 N–H and O–H groups in total. The lowest BCUT2D eigenvalue weighted by molar-refractivity contribution is -0.136. The quantitative estimate of drug-likeness (QED) is 0.747. The van der Waals surface area contributed by atoms with E-state index in [-0.39, 0.29) is 6.04 Å². The first kappa shape index (κ1) is 9.97. The maximum absolute atomic E-state index is 12.1. The lowest BCUT2D eigenvalue weighted by atomic mass is 9.80. The number of ketones is 1. The Kier molecular flexibility index (Phi) is 2.48. The van der Waals surface area contributed by atoms with E-state index < -0.39 is 0 Å². The van der Waals surface area contributed by atoms with Crippen molar-refractivity contribution in [2.75, 3.05) is 13.1 Å². The average molecular weight is 216 g/mol. The van der Waals surface area contributed by atoms with E-state index in [1.54, 1.807) is 6.20 Å². The van der Waals surface area contributed by atoms with Gasteiger partial charge in [0.15, 0.2) is 5.78 Å². The molecule has 3 fully saturated rings. The van der Waals surface area contributed by atoms with Crippen LogP contribution < -0.4 is 0 Å². The molecule has 84 valence electrons. The van der Waals surface area contributed by atoms with Crippen molar-refractivity contribution in [2.24, 2.45) is 5.92 Å². The van der Waals surface area contributed by atoms with Gasteiger partial charge in [0, 0.05) is 24.2 Å². The monoisotopic (exact) mass is 216 g/mol. The van der Waals surface area contributed by atoms with Crippen LogP contribution in [0.4, 0.5) is 0 Å². The number of pyridine rings is 1. The molecule has 1 atom stereocenters. The second kappa shape index (κ2) is 3.98. The standard InChI is InChI=1S/C13H16N2O/c16-13-10-4-7-15(8-5-10)12(13)9-11-3-1-2-6-14-11/h1-3,6,10,12H,4-5,7-9H2. The number of rotatable bonds is 2. The molecule has 2 bridgehead atoms. The van der Waals surface area contributed by atoms with Crippen LogP contribution in [0.3, 0.4) is 0 Å². The van der Waals surface area contributed by atoms with Gasteiger partial charge in [-0.05, 0) is 38.1 Å². The fraction of sp³-hybridized carbons (Fsp3) is 0.538. The zero-order chi connectivity index (χ0) is 11.0. The van der Waals surface area contributed by atoms with Gasteiger partial charge < -0.3 is 0 Å². The number of hydrogen-bond donors (Lipinski definition) is 0. The van der Waals surface area contributed by atoms with E-state index in [9.17, 15) is 4.79 Å². The van der Waals surface area contributed by atoms with Gasteiger partial charge in [0.05, 0.1) is 6.04 Å². The molecule has 0 spiro atoms. The van der Waals surface area contributed by atoms with Gasteiger partial charge in [0.1, 0.15) is 0 Å². The third kappa shape index (κ3) is 1.65. The highest BCUT2D eigenvalue weighted by Gasteiger charge is 2.40. The molecule has 3 saturated heterocycles. The van der Waals surface area contributed by atoms with Crippen molar-refractivity contribution in [3.05, 3.63) is 30.1 Å². The number of Topliss-reactive ketones (excluding diaryl/α,β-unsaturated/α-hetero) is 1. The maximum atomic E-state index is 12.1. The predicted molar refractivity (Wildman–Crippen MR) is 61.0 cm³/mol. The molecule has 0 saturated carbocycles. The summed E-state index contributed by atoms with van der Waals surface area (Å²) in [5, 5.41) is 0. The highest BCUT2D eigenvalue weighted by atomic mass is 16.1. The lowest BCUT2D eigenvalue weighted by Crippen LogP contribution is -2.56. The summed E-state index contributed by atoms with van der Waals surface area (Å²) in [5.41, 5.74) is 1.04. The number of carbonyl (C=O) groups is 1. The average Bonchev–Trinajstić information content (AvgIpc) is 2.36. The summed E-state index contributed by atoms with van der Waals surface area (Å²) in [7, 11) is 0. The van der Waals surface area contributed by atoms with Gasteiger partial charge in [-0.3, -0.25) is 14.7 Å². The molecule has 0 radical (unpaired) electrons. The van der Waals surface area contributed by atoms with Gasteiger partial charge in [0.2, 0.25) is 0 Å². The molecule has 0 aliphatic carbocycles. The van der Waals surface area contributed by atoms with Crippen molar-refractivity contribution >= 4 is 5.78 Å². The van der Waals surface area contributed by atoms with Gasteiger partial charge in [-0.25, -0.2) is 0 Å². The zero-order valence-electron chi connectivity index (χ0n) is 9.30. The Hall–Kier alpha value is -1.22. The topological polar surface area (TPSA) is 33.2 Å². The Labute approximate surface area is 95.5 Å². The first-order valence-electron chi connectivity index (χ1n) is 6.02. The van der Waals surface area contributed by atoms with E-state index in [1.165, 1.54) is 0 Å². The molecule has 3 aliphatic rings. The molecule has 3 heteroatoms. The number of fused-ring (bicyclic) bond motifs is 3. The van der Waals surface area contributed by atoms with Crippen molar-refractivity contribution in [3.63, 3.8) is 0 Å². The van der Waals surface area contributed by atoms with Crippen molar-refractivity contribution in [1.82, 2.24) is 9.88 Å². The molecule has 4 rings (SSSR count). The van der Waals surface area contributed by atoms with Crippen LogP contribution in [0.1, 0.15) is 18.5 Å². The molecule has 4 heterocycles. The molecule has 0 aromatic carbocycles. The minimum Gasteiger partial charge on any atom is -0.298 e. The predicted octanol–water partition coefficient (Wildman–Crippen LogP) is 1.29. The number of carbonyl (C=O) groups excluding carboxylic acids is 1. The zero-order valence-corrected chi connectivity index (χ0v) is 9.30. The van der Waals surface area contributed by atoms with Crippen LogP contribution in [0.5, 0.6) is 0 Å². The molecule has 1 unspecified atom stereocenters. The van der Waals surface area contributed by atoms with Gasteiger partial charge in [-0.1, -0.05) is 6.07 Å².